The number of thiazole rings is 1. The van der Waals surface area contributed by atoms with Crippen molar-refractivity contribution < 1.29 is 18.0 Å². The highest BCUT2D eigenvalue weighted by Crippen LogP contribution is 2.32. The molecule has 3 rings (SSSR count). The molecule has 0 aliphatic carbocycles. The van der Waals surface area contributed by atoms with Crippen LogP contribution < -0.4 is 10.6 Å². The van der Waals surface area contributed by atoms with Gasteiger partial charge in [0.1, 0.15) is 0 Å². The van der Waals surface area contributed by atoms with Crippen LogP contribution in [0.15, 0.2) is 30.5 Å². The number of alkyl halides is 3. The normalized spacial score (nSPS) is 16.9. The lowest BCUT2D eigenvalue weighted by Crippen LogP contribution is -2.26. The Morgan fingerprint density at radius 3 is 2.59 bits per heavy atom. The van der Waals surface area contributed by atoms with Crippen molar-refractivity contribution in [3.05, 3.63) is 46.5 Å². The summed E-state index contributed by atoms with van der Waals surface area (Å²) in [5, 5.41) is 6.73. The van der Waals surface area contributed by atoms with Gasteiger partial charge in [0.25, 0.3) is 0 Å². The molecule has 2 N–H and O–H groups in total. The van der Waals surface area contributed by atoms with Gasteiger partial charge >= 0.3 is 6.18 Å². The van der Waals surface area contributed by atoms with Crippen LogP contribution in [0.2, 0.25) is 0 Å². The molecule has 1 atom stereocenters. The summed E-state index contributed by atoms with van der Waals surface area (Å²) in [4.78, 5) is 17.9. The van der Waals surface area contributed by atoms with Crippen molar-refractivity contribution in [3.63, 3.8) is 0 Å². The molecule has 8 heteroatoms. The van der Waals surface area contributed by atoms with Gasteiger partial charge in [-0.25, -0.2) is 4.98 Å². The fourth-order valence-corrected chi connectivity index (χ4v) is 4.13. The maximum Gasteiger partial charge on any atom is 0.416 e. The first-order chi connectivity index (χ1) is 12.8. The highest BCUT2D eigenvalue weighted by atomic mass is 32.1. The van der Waals surface area contributed by atoms with Crippen LogP contribution in [0.5, 0.6) is 0 Å². The van der Waals surface area contributed by atoms with Gasteiger partial charge in [-0.3, -0.25) is 4.79 Å². The van der Waals surface area contributed by atoms with E-state index < -0.39 is 11.7 Å². The maximum absolute atomic E-state index is 12.6. The zero-order valence-corrected chi connectivity index (χ0v) is 15.8. The molecule has 1 amide bonds. The summed E-state index contributed by atoms with van der Waals surface area (Å²) in [5.74, 6) is -0.0620. The van der Waals surface area contributed by atoms with Crippen LogP contribution in [0, 0.1) is 5.92 Å². The highest BCUT2D eigenvalue weighted by molar-refractivity contribution is 7.15. The number of halogens is 3. The van der Waals surface area contributed by atoms with E-state index in [1.54, 1.807) is 6.92 Å². The lowest BCUT2D eigenvalue weighted by Gasteiger charge is -2.20. The predicted molar refractivity (Wildman–Crippen MR) is 99.9 cm³/mol. The van der Waals surface area contributed by atoms with Gasteiger partial charge < -0.3 is 10.6 Å². The average Bonchev–Trinajstić information content (AvgIpc) is 3.10. The molecule has 1 aliphatic heterocycles. The van der Waals surface area contributed by atoms with Crippen LogP contribution in [0.3, 0.4) is 0 Å². The molecular formula is C19H22F3N3OS. The highest BCUT2D eigenvalue weighted by Gasteiger charge is 2.30. The number of carbonyl (C=O) groups excluding carboxylic acids is 1. The van der Waals surface area contributed by atoms with Gasteiger partial charge in [-0.2, -0.15) is 13.2 Å². The van der Waals surface area contributed by atoms with E-state index in [2.05, 4.69) is 15.6 Å². The Kier molecular flexibility index (Phi) is 6.16. The van der Waals surface area contributed by atoms with Crippen LogP contribution in [0.4, 0.5) is 18.3 Å². The number of piperidine rings is 1. The van der Waals surface area contributed by atoms with Crippen molar-refractivity contribution in [2.24, 2.45) is 5.92 Å². The van der Waals surface area contributed by atoms with Gasteiger partial charge in [0.05, 0.1) is 5.56 Å². The number of hydrogen-bond donors (Lipinski definition) is 2. The standard InChI is InChI=1S/C19H22F3N3OS/c1-12(10-13-2-4-15(5-3-13)19(20,21)22)17(26)25-18-24-11-16(27-18)14-6-8-23-9-7-14/h2-5,11-12,14,23H,6-10H2,1H3,(H,24,25,26). The van der Waals surface area contributed by atoms with E-state index >= 15 is 0 Å². The summed E-state index contributed by atoms with van der Waals surface area (Å²) >= 11 is 1.50. The summed E-state index contributed by atoms with van der Waals surface area (Å²) in [6.07, 6.45) is -0.00837. The third kappa shape index (κ3) is 5.29. The number of anilines is 1. The molecule has 1 fully saturated rings. The van der Waals surface area contributed by atoms with Crippen molar-refractivity contribution in [2.75, 3.05) is 18.4 Å². The lowest BCUT2D eigenvalue weighted by atomic mass is 9.97. The minimum absolute atomic E-state index is 0.180. The Morgan fingerprint density at radius 2 is 1.96 bits per heavy atom. The van der Waals surface area contributed by atoms with E-state index in [0.717, 1.165) is 38.1 Å². The maximum atomic E-state index is 12.6. The summed E-state index contributed by atoms with van der Waals surface area (Å²) in [5.41, 5.74) is 0.0109. The minimum atomic E-state index is -4.35. The van der Waals surface area contributed by atoms with E-state index in [1.165, 1.54) is 28.3 Å². The quantitative estimate of drug-likeness (QED) is 0.784. The molecular weight excluding hydrogens is 375 g/mol. The second-order valence-electron chi connectivity index (χ2n) is 6.88. The molecule has 1 aromatic heterocycles. The Hall–Kier alpha value is -1.93. The fraction of sp³-hybridized carbons (Fsp3) is 0.474. The summed E-state index contributed by atoms with van der Waals surface area (Å²) in [6.45, 7) is 3.75. The molecule has 1 aromatic carbocycles. The second kappa shape index (κ2) is 8.39. The molecule has 0 spiro atoms. The Labute approximate surface area is 160 Å². The van der Waals surface area contributed by atoms with Gasteiger partial charge in [0, 0.05) is 17.0 Å². The molecule has 0 bridgehead atoms. The molecule has 4 nitrogen and oxygen atoms in total. The molecule has 0 radical (unpaired) electrons. The number of nitrogens with one attached hydrogen (secondary N) is 2. The third-order valence-electron chi connectivity index (χ3n) is 4.77. The number of amides is 1. The number of nitrogens with zero attached hydrogens (tertiary/aromatic N) is 1. The molecule has 0 saturated carbocycles. The number of aromatic nitrogens is 1. The van der Waals surface area contributed by atoms with E-state index in [0.29, 0.717) is 23.0 Å². The van der Waals surface area contributed by atoms with E-state index in [9.17, 15) is 18.0 Å². The van der Waals surface area contributed by atoms with Crippen LogP contribution in [0.1, 0.15) is 41.7 Å². The fourth-order valence-electron chi connectivity index (χ4n) is 3.14. The van der Waals surface area contributed by atoms with Gasteiger partial charge in [0.2, 0.25) is 5.91 Å². The monoisotopic (exact) mass is 397 g/mol. The van der Waals surface area contributed by atoms with E-state index in [-0.39, 0.29) is 11.8 Å². The molecule has 2 heterocycles. The van der Waals surface area contributed by atoms with Crippen molar-refractivity contribution >= 4 is 22.4 Å². The summed E-state index contributed by atoms with van der Waals surface area (Å²) in [7, 11) is 0. The number of hydrogen-bond acceptors (Lipinski definition) is 4. The largest absolute Gasteiger partial charge is 0.416 e. The second-order valence-corrected chi connectivity index (χ2v) is 7.94. The summed E-state index contributed by atoms with van der Waals surface area (Å²) < 4.78 is 37.8. The van der Waals surface area contributed by atoms with Gasteiger partial charge in [0.15, 0.2) is 5.13 Å². The molecule has 146 valence electrons. The van der Waals surface area contributed by atoms with Gasteiger partial charge in [-0.15, -0.1) is 11.3 Å². The van der Waals surface area contributed by atoms with Crippen molar-refractivity contribution in [2.45, 2.75) is 38.3 Å². The summed E-state index contributed by atoms with van der Waals surface area (Å²) in [6, 6.07) is 4.94. The molecule has 1 unspecified atom stereocenters. The van der Waals surface area contributed by atoms with Crippen molar-refractivity contribution in [1.29, 1.82) is 0 Å². The molecule has 1 aliphatic rings. The molecule has 2 aromatic rings. The Morgan fingerprint density at radius 1 is 1.30 bits per heavy atom. The minimum Gasteiger partial charge on any atom is -0.317 e. The van der Waals surface area contributed by atoms with Crippen LogP contribution in [-0.2, 0) is 17.4 Å². The topological polar surface area (TPSA) is 54.0 Å². The first-order valence-electron chi connectivity index (χ1n) is 8.96. The van der Waals surface area contributed by atoms with Crippen LogP contribution in [-0.4, -0.2) is 24.0 Å². The SMILES string of the molecule is CC(Cc1ccc(C(F)(F)F)cc1)C(=O)Nc1ncc(C2CCNCC2)s1. The van der Waals surface area contributed by atoms with Gasteiger partial charge in [-0.1, -0.05) is 19.1 Å². The van der Waals surface area contributed by atoms with E-state index in [1.807, 2.05) is 6.20 Å². The Bertz CT molecular complexity index is 767. The zero-order chi connectivity index (χ0) is 19.4. The molecule has 27 heavy (non-hydrogen) atoms. The van der Waals surface area contributed by atoms with E-state index in [4.69, 9.17) is 0 Å². The van der Waals surface area contributed by atoms with Crippen molar-refractivity contribution in [1.82, 2.24) is 10.3 Å². The lowest BCUT2D eigenvalue weighted by molar-refractivity contribution is -0.137. The number of rotatable bonds is 5. The zero-order valence-electron chi connectivity index (χ0n) is 15.0. The third-order valence-corrected chi connectivity index (χ3v) is 5.84. The molecule has 1 saturated heterocycles. The number of carbonyl (C=O) groups is 1. The predicted octanol–water partition coefficient (Wildman–Crippen LogP) is 4.45. The number of benzene rings is 1. The first-order valence-corrected chi connectivity index (χ1v) is 9.78. The van der Waals surface area contributed by atoms with Crippen LogP contribution in [0.25, 0.3) is 0 Å². The van der Waals surface area contributed by atoms with Crippen molar-refractivity contribution in [3.8, 4) is 0 Å². The van der Waals surface area contributed by atoms with Crippen LogP contribution >= 0.6 is 11.3 Å². The average molecular weight is 397 g/mol. The first kappa shape index (κ1) is 19.8. The smallest absolute Gasteiger partial charge is 0.317 e. The van der Waals surface area contributed by atoms with Gasteiger partial charge in [-0.05, 0) is 56.0 Å². The Balaban J connectivity index is 1.55.